The normalized spacial score (nSPS) is 20.6. The van der Waals surface area contributed by atoms with Gasteiger partial charge in [0.05, 0.1) is 5.56 Å². The molecule has 1 amide bonds. The van der Waals surface area contributed by atoms with Gasteiger partial charge in [0.25, 0.3) is 5.91 Å². The van der Waals surface area contributed by atoms with E-state index in [0.717, 1.165) is 44.5 Å². The van der Waals surface area contributed by atoms with E-state index in [1.165, 1.54) is 29.7 Å². The number of nitrogens with one attached hydrogen (secondary N) is 1. The van der Waals surface area contributed by atoms with Gasteiger partial charge < -0.3 is 10.2 Å². The molecule has 0 radical (unpaired) electrons. The van der Waals surface area contributed by atoms with Crippen molar-refractivity contribution >= 4 is 17.2 Å². The van der Waals surface area contributed by atoms with Crippen LogP contribution < -0.4 is 5.32 Å². The molecular weight excluding hydrogens is 268 g/mol. The molecule has 1 aromatic heterocycles. The van der Waals surface area contributed by atoms with Gasteiger partial charge in [0.15, 0.2) is 0 Å². The van der Waals surface area contributed by atoms with Crippen LogP contribution in [0.5, 0.6) is 0 Å². The minimum atomic E-state index is 0.166. The zero-order chi connectivity index (χ0) is 13.9. The summed E-state index contributed by atoms with van der Waals surface area (Å²) < 4.78 is 0. The molecule has 110 valence electrons. The molecule has 1 saturated heterocycles. The first-order chi connectivity index (χ1) is 9.78. The Balaban J connectivity index is 1.61. The Morgan fingerprint density at radius 3 is 2.85 bits per heavy atom. The fourth-order valence-corrected chi connectivity index (χ4v) is 4.47. The Hall–Kier alpha value is -0.870. The average Bonchev–Trinajstić information content (AvgIpc) is 2.92. The molecule has 1 aliphatic heterocycles. The van der Waals surface area contributed by atoms with Crippen molar-refractivity contribution < 1.29 is 4.79 Å². The lowest BCUT2D eigenvalue weighted by Gasteiger charge is -2.31. The van der Waals surface area contributed by atoms with E-state index in [1.54, 1.807) is 11.3 Å². The topological polar surface area (TPSA) is 32.3 Å². The van der Waals surface area contributed by atoms with E-state index >= 15 is 0 Å². The predicted octanol–water partition coefficient (Wildman–Crippen LogP) is 2.84. The Kier molecular flexibility index (Phi) is 4.41. The van der Waals surface area contributed by atoms with Crippen LogP contribution in [0, 0.1) is 0 Å². The van der Waals surface area contributed by atoms with Gasteiger partial charge in [-0.05, 0) is 50.6 Å². The van der Waals surface area contributed by atoms with Gasteiger partial charge in [-0.25, -0.2) is 0 Å². The fraction of sp³-hybridized carbons (Fsp3) is 0.688. The van der Waals surface area contributed by atoms with Crippen molar-refractivity contribution in [1.82, 2.24) is 10.2 Å². The second kappa shape index (κ2) is 6.27. The fourth-order valence-electron chi connectivity index (χ4n) is 3.34. The van der Waals surface area contributed by atoms with Crippen LogP contribution in [0.1, 0.15) is 53.4 Å². The van der Waals surface area contributed by atoms with E-state index in [2.05, 4.69) is 22.5 Å². The van der Waals surface area contributed by atoms with Gasteiger partial charge >= 0.3 is 0 Å². The largest absolute Gasteiger partial charge is 0.349 e. The average molecular weight is 292 g/mol. The Bertz CT molecular complexity index is 475. The van der Waals surface area contributed by atoms with Crippen molar-refractivity contribution in [1.29, 1.82) is 0 Å². The number of nitrogens with zero attached hydrogens (tertiary/aromatic N) is 1. The van der Waals surface area contributed by atoms with Crippen molar-refractivity contribution in [2.75, 3.05) is 19.6 Å². The second-order valence-electron chi connectivity index (χ2n) is 5.94. The molecule has 0 unspecified atom stereocenters. The minimum Gasteiger partial charge on any atom is -0.349 e. The number of hydrogen-bond acceptors (Lipinski definition) is 3. The van der Waals surface area contributed by atoms with Crippen molar-refractivity contribution in [3.63, 3.8) is 0 Å². The molecule has 0 saturated carbocycles. The molecule has 3 rings (SSSR count). The monoisotopic (exact) mass is 292 g/mol. The lowest BCUT2D eigenvalue weighted by atomic mass is 9.95. The van der Waals surface area contributed by atoms with Gasteiger partial charge in [-0.15, -0.1) is 11.3 Å². The van der Waals surface area contributed by atoms with Crippen LogP contribution >= 0.6 is 11.3 Å². The third kappa shape index (κ3) is 2.91. The molecule has 0 bridgehead atoms. The van der Waals surface area contributed by atoms with Gasteiger partial charge in [0, 0.05) is 29.4 Å². The first-order valence-electron chi connectivity index (χ1n) is 7.90. The lowest BCUT2D eigenvalue weighted by molar-refractivity contribution is 0.0912. The molecule has 1 aliphatic carbocycles. The second-order valence-corrected chi connectivity index (χ2v) is 6.90. The van der Waals surface area contributed by atoms with Crippen molar-refractivity contribution in [2.24, 2.45) is 0 Å². The maximum atomic E-state index is 12.5. The van der Waals surface area contributed by atoms with Crippen LogP contribution in [-0.4, -0.2) is 36.5 Å². The zero-order valence-corrected chi connectivity index (χ0v) is 13.1. The third-order valence-corrected chi connectivity index (χ3v) is 5.76. The molecule has 2 heterocycles. The summed E-state index contributed by atoms with van der Waals surface area (Å²) in [4.78, 5) is 16.4. The van der Waals surface area contributed by atoms with Crippen molar-refractivity contribution in [3.05, 3.63) is 21.4 Å². The number of rotatable bonds is 3. The Morgan fingerprint density at radius 2 is 2.10 bits per heavy atom. The lowest BCUT2D eigenvalue weighted by Crippen LogP contribution is -2.44. The summed E-state index contributed by atoms with van der Waals surface area (Å²) >= 11 is 1.78. The summed E-state index contributed by atoms with van der Waals surface area (Å²) in [7, 11) is 0. The van der Waals surface area contributed by atoms with E-state index in [9.17, 15) is 4.79 Å². The summed E-state index contributed by atoms with van der Waals surface area (Å²) in [5.74, 6) is 0.166. The highest BCUT2D eigenvalue weighted by Crippen LogP contribution is 2.30. The maximum Gasteiger partial charge on any atom is 0.252 e. The van der Waals surface area contributed by atoms with Crippen LogP contribution in [-0.2, 0) is 12.8 Å². The first-order valence-corrected chi connectivity index (χ1v) is 8.78. The van der Waals surface area contributed by atoms with Gasteiger partial charge in [0.1, 0.15) is 0 Å². The number of thiophene rings is 1. The number of likely N-dealkylation sites (tertiary alicyclic amines) is 1. The van der Waals surface area contributed by atoms with E-state index in [4.69, 9.17) is 0 Å². The van der Waals surface area contributed by atoms with Crippen LogP contribution in [0.15, 0.2) is 5.38 Å². The quantitative estimate of drug-likeness (QED) is 0.929. The third-order valence-electron chi connectivity index (χ3n) is 4.68. The predicted molar refractivity (Wildman–Crippen MR) is 83.6 cm³/mol. The molecular formula is C16H24N2OS. The number of hydrogen-bond donors (Lipinski definition) is 1. The summed E-state index contributed by atoms with van der Waals surface area (Å²) in [6.07, 6.45) is 6.96. The zero-order valence-electron chi connectivity index (χ0n) is 12.3. The Morgan fingerprint density at radius 1 is 1.35 bits per heavy atom. The number of fused-ring (bicyclic) bond motifs is 1. The maximum absolute atomic E-state index is 12.5. The van der Waals surface area contributed by atoms with Crippen LogP contribution in [0.2, 0.25) is 0 Å². The van der Waals surface area contributed by atoms with Crippen LogP contribution in [0.3, 0.4) is 0 Å². The molecule has 3 nitrogen and oxygen atoms in total. The molecule has 0 spiro atoms. The highest BCUT2D eigenvalue weighted by Gasteiger charge is 2.24. The molecule has 0 atom stereocenters. The van der Waals surface area contributed by atoms with E-state index in [1.807, 2.05) is 0 Å². The number of amides is 1. The molecule has 1 fully saturated rings. The molecule has 1 aromatic rings. The van der Waals surface area contributed by atoms with Gasteiger partial charge in [0.2, 0.25) is 0 Å². The van der Waals surface area contributed by atoms with E-state index in [0.29, 0.717) is 6.04 Å². The standard InChI is InChI=1S/C16H24N2OS/c1-2-18-9-7-12(8-10-18)17-16(19)14-11-20-15-6-4-3-5-13(14)15/h11-12H,2-10H2,1H3,(H,17,19). The van der Waals surface area contributed by atoms with E-state index < -0.39 is 0 Å². The molecule has 20 heavy (non-hydrogen) atoms. The highest BCUT2D eigenvalue weighted by molar-refractivity contribution is 7.10. The number of carbonyl (C=O) groups excluding carboxylic acids is 1. The molecule has 4 heteroatoms. The van der Waals surface area contributed by atoms with E-state index in [-0.39, 0.29) is 5.91 Å². The van der Waals surface area contributed by atoms with Crippen LogP contribution in [0.25, 0.3) is 0 Å². The minimum absolute atomic E-state index is 0.166. The summed E-state index contributed by atoms with van der Waals surface area (Å²) in [6.45, 7) is 5.56. The molecule has 0 aromatic carbocycles. The van der Waals surface area contributed by atoms with Gasteiger partial charge in [-0.2, -0.15) is 0 Å². The number of piperidine rings is 1. The molecule has 1 N–H and O–H groups in total. The van der Waals surface area contributed by atoms with Crippen LogP contribution in [0.4, 0.5) is 0 Å². The number of carbonyl (C=O) groups is 1. The van der Waals surface area contributed by atoms with Crippen molar-refractivity contribution in [3.8, 4) is 0 Å². The van der Waals surface area contributed by atoms with Gasteiger partial charge in [-0.1, -0.05) is 6.92 Å². The summed E-state index contributed by atoms with van der Waals surface area (Å²) in [5, 5.41) is 5.33. The number of aryl methyl sites for hydroxylation is 1. The first kappa shape index (κ1) is 14.1. The van der Waals surface area contributed by atoms with Gasteiger partial charge in [-0.3, -0.25) is 4.79 Å². The Labute approximate surface area is 125 Å². The highest BCUT2D eigenvalue weighted by atomic mass is 32.1. The summed E-state index contributed by atoms with van der Waals surface area (Å²) in [6, 6.07) is 0.365. The van der Waals surface area contributed by atoms with Crippen molar-refractivity contribution in [2.45, 2.75) is 51.5 Å². The summed E-state index contributed by atoms with van der Waals surface area (Å²) in [5.41, 5.74) is 2.30. The SMILES string of the molecule is CCN1CCC(NC(=O)c2csc3c2CCCC3)CC1. The molecule has 2 aliphatic rings. The smallest absolute Gasteiger partial charge is 0.252 e.